The van der Waals surface area contributed by atoms with Crippen LogP contribution >= 0.6 is 27.3 Å². The smallest absolute Gasteiger partial charge is 0.267 e. The van der Waals surface area contributed by atoms with Gasteiger partial charge in [0, 0.05) is 15.5 Å². The first-order valence-corrected chi connectivity index (χ1v) is 9.44. The lowest BCUT2D eigenvalue weighted by molar-refractivity contribution is 0.103. The highest BCUT2D eigenvalue weighted by Gasteiger charge is 2.24. The summed E-state index contributed by atoms with van der Waals surface area (Å²) in [4.78, 5) is 17.9. The van der Waals surface area contributed by atoms with Gasteiger partial charge in [0.05, 0.1) is 23.2 Å². The molecule has 7 nitrogen and oxygen atoms in total. The van der Waals surface area contributed by atoms with Crippen LogP contribution in [0.1, 0.15) is 9.67 Å². The van der Waals surface area contributed by atoms with E-state index in [-0.39, 0.29) is 23.1 Å². The third-order valence-corrected chi connectivity index (χ3v) is 5.65. The number of furan rings is 1. The molecule has 0 radical (unpaired) electrons. The van der Waals surface area contributed by atoms with Crippen LogP contribution in [0.4, 0.5) is 22.9 Å². The number of aromatic nitrogens is 1. The summed E-state index contributed by atoms with van der Waals surface area (Å²) in [5.74, 6) is 0.339. The van der Waals surface area contributed by atoms with Crippen molar-refractivity contribution in [3.8, 4) is 11.3 Å². The number of pyridine rings is 1. The summed E-state index contributed by atoms with van der Waals surface area (Å²) >= 11 is 4.51. The zero-order valence-corrected chi connectivity index (χ0v) is 16.2. The number of anilines is 4. The molecule has 1 aromatic carbocycles. The molecule has 7 N–H and O–H groups in total. The van der Waals surface area contributed by atoms with Gasteiger partial charge in [0.25, 0.3) is 5.91 Å². The third-order valence-electron chi connectivity index (χ3n) is 4.02. The summed E-state index contributed by atoms with van der Waals surface area (Å²) in [6, 6.07) is 10.7. The number of nitrogens with one attached hydrogen (secondary N) is 1. The molecule has 1 amide bonds. The third kappa shape index (κ3) is 3.00. The van der Waals surface area contributed by atoms with Gasteiger partial charge < -0.3 is 26.9 Å². The van der Waals surface area contributed by atoms with Gasteiger partial charge in [0.1, 0.15) is 21.3 Å². The second kappa shape index (κ2) is 6.60. The Morgan fingerprint density at radius 3 is 2.52 bits per heavy atom. The topological polar surface area (TPSA) is 133 Å². The molecule has 0 aliphatic heterocycles. The number of benzene rings is 1. The maximum absolute atomic E-state index is 12.8. The minimum absolute atomic E-state index is 0.162. The first-order chi connectivity index (χ1) is 13.0. The molecule has 0 fully saturated rings. The van der Waals surface area contributed by atoms with Crippen LogP contribution in [0.25, 0.3) is 21.5 Å². The van der Waals surface area contributed by atoms with Crippen molar-refractivity contribution >= 4 is 66.3 Å². The molecular weight excluding hydrogens is 430 g/mol. The fourth-order valence-corrected chi connectivity index (χ4v) is 4.02. The van der Waals surface area contributed by atoms with Crippen molar-refractivity contribution in [3.05, 3.63) is 52.0 Å². The lowest BCUT2D eigenvalue weighted by atomic mass is 10.1. The number of carbonyl (C=O) groups is 1. The molecule has 27 heavy (non-hydrogen) atoms. The van der Waals surface area contributed by atoms with Gasteiger partial charge in [-0.2, -0.15) is 0 Å². The molecule has 136 valence electrons. The lowest BCUT2D eigenvalue weighted by Gasteiger charge is -2.08. The van der Waals surface area contributed by atoms with Crippen molar-refractivity contribution in [3.63, 3.8) is 0 Å². The van der Waals surface area contributed by atoms with Crippen molar-refractivity contribution in [1.29, 1.82) is 0 Å². The molecule has 4 aromatic rings. The van der Waals surface area contributed by atoms with Crippen molar-refractivity contribution in [2.75, 3.05) is 22.5 Å². The molecule has 3 heterocycles. The van der Waals surface area contributed by atoms with Gasteiger partial charge in [-0.3, -0.25) is 4.79 Å². The van der Waals surface area contributed by atoms with Crippen LogP contribution in [0.5, 0.6) is 0 Å². The Bertz CT molecular complexity index is 1150. The zero-order chi connectivity index (χ0) is 19.1. The highest BCUT2D eigenvalue weighted by Crippen LogP contribution is 2.44. The molecule has 9 heteroatoms. The molecule has 3 aromatic heterocycles. The van der Waals surface area contributed by atoms with E-state index < -0.39 is 0 Å². The van der Waals surface area contributed by atoms with E-state index in [1.54, 1.807) is 24.3 Å². The standard InChI is InChI=1S/C18H14BrN5O2S/c19-8-3-5-9(6-4-8)23-17(25)15-13(20)12-11(10-2-1-7-26-10)14(21)16(22)24-18(12)27-15/h1-7H,20-21H2,(H2,22,24)(H,23,25). The molecule has 0 bridgehead atoms. The van der Waals surface area contributed by atoms with Crippen molar-refractivity contribution in [2.45, 2.75) is 0 Å². The Labute approximate surface area is 166 Å². The maximum atomic E-state index is 12.8. The largest absolute Gasteiger partial charge is 0.464 e. The first kappa shape index (κ1) is 17.4. The van der Waals surface area contributed by atoms with E-state index >= 15 is 0 Å². The predicted octanol–water partition coefficient (Wildman–Crippen LogP) is 4.32. The van der Waals surface area contributed by atoms with Gasteiger partial charge >= 0.3 is 0 Å². The highest BCUT2D eigenvalue weighted by atomic mass is 79.9. The Morgan fingerprint density at radius 1 is 1.11 bits per heavy atom. The SMILES string of the molecule is Nc1nc2sc(C(=O)Nc3ccc(Br)cc3)c(N)c2c(-c2ccco2)c1N. The van der Waals surface area contributed by atoms with Gasteiger partial charge in [-0.05, 0) is 36.4 Å². The van der Waals surface area contributed by atoms with E-state index in [4.69, 9.17) is 21.6 Å². The number of amides is 1. The number of rotatable bonds is 3. The molecule has 0 saturated heterocycles. The van der Waals surface area contributed by atoms with Crippen LogP contribution in [0.2, 0.25) is 0 Å². The average Bonchev–Trinajstić information content (AvgIpc) is 3.27. The fraction of sp³-hybridized carbons (Fsp3) is 0. The van der Waals surface area contributed by atoms with E-state index in [1.807, 2.05) is 12.1 Å². The van der Waals surface area contributed by atoms with Gasteiger partial charge in [-0.25, -0.2) is 4.98 Å². The highest BCUT2D eigenvalue weighted by molar-refractivity contribution is 9.10. The number of carbonyl (C=O) groups excluding carboxylic acids is 1. The molecule has 4 rings (SSSR count). The van der Waals surface area contributed by atoms with Gasteiger partial charge in [-0.15, -0.1) is 11.3 Å². The molecule has 0 spiro atoms. The normalized spacial score (nSPS) is 11.0. The Balaban J connectivity index is 1.83. The van der Waals surface area contributed by atoms with Crippen LogP contribution in [0.3, 0.4) is 0 Å². The average molecular weight is 444 g/mol. The predicted molar refractivity (Wildman–Crippen MR) is 113 cm³/mol. The summed E-state index contributed by atoms with van der Waals surface area (Å²) in [5, 5.41) is 3.39. The molecule has 0 aliphatic carbocycles. The number of fused-ring (bicyclic) bond motifs is 1. The minimum atomic E-state index is -0.333. The molecule has 0 aliphatic rings. The zero-order valence-electron chi connectivity index (χ0n) is 13.8. The number of hydrogen-bond acceptors (Lipinski definition) is 7. The summed E-state index contributed by atoms with van der Waals surface area (Å²) < 4.78 is 6.39. The van der Waals surface area contributed by atoms with Crippen LogP contribution in [0.15, 0.2) is 51.6 Å². The fourth-order valence-electron chi connectivity index (χ4n) is 2.75. The Morgan fingerprint density at radius 2 is 1.85 bits per heavy atom. The van der Waals surface area contributed by atoms with Crippen molar-refractivity contribution in [2.24, 2.45) is 0 Å². The maximum Gasteiger partial charge on any atom is 0.267 e. The molecular formula is C18H14BrN5O2S. The van der Waals surface area contributed by atoms with E-state index in [9.17, 15) is 4.79 Å². The van der Waals surface area contributed by atoms with Gasteiger partial charge in [-0.1, -0.05) is 15.9 Å². The lowest BCUT2D eigenvalue weighted by Crippen LogP contribution is -2.11. The number of nitrogens with two attached hydrogens (primary N) is 3. The van der Waals surface area contributed by atoms with Crippen molar-refractivity contribution < 1.29 is 9.21 Å². The number of nitrogen functional groups attached to an aromatic ring is 3. The van der Waals surface area contributed by atoms with E-state index in [0.29, 0.717) is 32.1 Å². The van der Waals surface area contributed by atoms with E-state index in [2.05, 4.69) is 26.2 Å². The van der Waals surface area contributed by atoms with Crippen molar-refractivity contribution in [1.82, 2.24) is 4.98 Å². The van der Waals surface area contributed by atoms with Gasteiger partial charge in [0.15, 0.2) is 0 Å². The second-order valence-corrected chi connectivity index (χ2v) is 7.66. The molecule has 0 atom stereocenters. The summed E-state index contributed by atoms with van der Waals surface area (Å²) in [7, 11) is 0. The van der Waals surface area contributed by atoms with E-state index in [0.717, 1.165) is 15.8 Å². The van der Waals surface area contributed by atoms with Crippen LogP contribution in [-0.4, -0.2) is 10.9 Å². The quantitative estimate of drug-likeness (QED) is 0.372. The van der Waals surface area contributed by atoms with Gasteiger partial charge in [0.2, 0.25) is 0 Å². The second-order valence-electron chi connectivity index (χ2n) is 5.75. The number of halogens is 1. The number of nitrogens with zero attached hydrogens (tertiary/aromatic N) is 1. The number of hydrogen-bond donors (Lipinski definition) is 4. The summed E-state index contributed by atoms with van der Waals surface area (Å²) in [5.41, 5.74) is 20.1. The number of thiophene rings is 1. The summed E-state index contributed by atoms with van der Waals surface area (Å²) in [6.07, 6.45) is 1.53. The molecule has 0 saturated carbocycles. The van der Waals surface area contributed by atoms with Crippen LogP contribution in [0, 0.1) is 0 Å². The summed E-state index contributed by atoms with van der Waals surface area (Å²) in [6.45, 7) is 0. The van der Waals surface area contributed by atoms with Crippen LogP contribution < -0.4 is 22.5 Å². The van der Waals surface area contributed by atoms with Crippen LogP contribution in [-0.2, 0) is 0 Å². The minimum Gasteiger partial charge on any atom is -0.464 e. The Kier molecular flexibility index (Phi) is 4.25. The monoisotopic (exact) mass is 443 g/mol. The van der Waals surface area contributed by atoms with E-state index in [1.165, 1.54) is 6.26 Å². The Hall–Kier alpha value is -3.04. The first-order valence-electron chi connectivity index (χ1n) is 7.83. The molecule has 0 unspecified atom stereocenters.